The van der Waals surface area contributed by atoms with Crippen molar-refractivity contribution in [2.24, 2.45) is 0 Å². The standard InChI is InChI=1S/C11H9ClN2/c12-11-6-5-8(7-14-11)9-3-1-2-4-10(9)13/h1-7H,13H2. The lowest BCUT2D eigenvalue weighted by molar-refractivity contribution is 1.33. The molecule has 2 rings (SSSR count). The average Bonchev–Trinajstić information content (AvgIpc) is 2.20. The summed E-state index contributed by atoms with van der Waals surface area (Å²) in [5, 5.41) is 0.489. The maximum Gasteiger partial charge on any atom is 0.129 e. The number of para-hydroxylation sites is 1. The monoisotopic (exact) mass is 204 g/mol. The molecule has 0 bridgehead atoms. The van der Waals surface area contributed by atoms with Gasteiger partial charge in [0.15, 0.2) is 0 Å². The van der Waals surface area contributed by atoms with Gasteiger partial charge in [-0.05, 0) is 18.2 Å². The van der Waals surface area contributed by atoms with Crippen LogP contribution >= 0.6 is 11.6 Å². The number of halogens is 1. The number of hydrogen-bond acceptors (Lipinski definition) is 2. The van der Waals surface area contributed by atoms with Crippen LogP contribution in [0.5, 0.6) is 0 Å². The Bertz CT molecular complexity index is 437. The first-order valence-corrected chi connectivity index (χ1v) is 4.61. The highest BCUT2D eigenvalue weighted by Gasteiger charge is 2.00. The fourth-order valence-electron chi connectivity index (χ4n) is 1.30. The molecule has 0 radical (unpaired) electrons. The van der Waals surface area contributed by atoms with Crippen molar-refractivity contribution in [1.29, 1.82) is 0 Å². The normalized spacial score (nSPS) is 10.1. The van der Waals surface area contributed by atoms with Gasteiger partial charge in [0.2, 0.25) is 0 Å². The highest BCUT2D eigenvalue weighted by atomic mass is 35.5. The molecule has 2 N–H and O–H groups in total. The number of aromatic nitrogens is 1. The number of hydrogen-bond donors (Lipinski definition) is 1. The van der Waals surface area contributed by atoms with Crippen LogP contribution in [0, 0.1) is 0 Å². The Hall–Kier alpha value is -1.54. The lowest BCUT2D eigenvalue weighted by Gasteiger charge is -2.04. The molecule has 0 saturated heterocycles. The van der Waals surface area contributed by atoms with Crippen molar-refractivity contribution in [3.05, 3.63) is 47.7 Å². The number of nitrogen functional groups attached to an aromatic ring is 1. The van der Waals surface area contributed by atoms with E-state index in [0.717, 1.165) is 16.8 Å². The lowest BCUT2D eigenvalue weighted by Crippen LogP contribution is -1.89. The van der Waals surface area contributed by atoms with E-state index in [9.17, 15) is 0 Å². The van der Waals surface area contributed by atoms with E-state index < -0.39 is 0 Å². The van der Waals surface area contributed by atoms with Crippen LogP contribution in [0.1, 0.15) is 0 Å². The van der Waals surface area contributed by atoms with Crippen LogP contribution in [0.2, 0.25) is 5.15 Å². The second-order valence-electron chi connectivity index (χ2n) is 2.96. The molecule has 0 amide bonds. The predicted molar refractivity (Wildman–Crippen MR) is 59.1 cm³/mol. The SMILES string of the molecule is Nc1ccccc1-c1ccc(Cl)nc1. The number of benzene rings is 1. The highest BCUT2D eigenvalue weighted by molar-refractivity contribution is 6.29. The van der Waals surface area contributed by atoms with Crippen molar-refractivity contribution >= 4 is 17.3 Å². The minimum atomic E-state index is 0.489. The van der Waals surface area contributed by atoms with Crippen LogP contribution in [-0.4, -0.2) is 4.98 Å². The molecule has 1 aromatic carbocycles. The first-order chi connectivity index (χ1) is 6.77. The molecule has 1 heterocycles. The van der Waals surface area contributed by atoms with E-state index in [4.69, 9.17) is 17.3 Å². The fourth-order valence-corrected chi connectivity index (χ4v) is 1.41. The summed E-state index contributed by atoms with van der Waals surface area (Å²) in [4.78, 5) is 4.01. The summed E-state index contributed by atoms with van der Waals surface area (Å²) >= 11 is 5.70. The number of pyridine rings is 1. The molecule has 2 aromatic rings. The predicted octanol–water partition coefficient (Wildman–Crippen LogP) is 2.98. The van der Waals surface area contributed by atoms with E-state index in [0.29, 0.717) is 5.15 Å². The van der Waals surface area contributed by atoms with Gasteiger partial charge in [0.1, 0.15) is 5.15 Å². The van der Waals surface area contributed by atoms with E-state index in [-0.39, 0.29) is 0 Å². The third kappa shape index (κ3) is 1.70. The maximum absolute atomic E-state index is 5.83. The van der Waals surface area contributed by atoms with Crippen LogP contribution in [0.25, 0.3) is 11.1 Å². The molecule has 0 spiro atoms. The van der Waals surface area contributed by atoms with E-state index in [2.05, 4.69) is 4.98 Å². The number of nitrogens with two attached hydrogens (primary N) is 1. The molecule has 0 atom stereocenters. The number of anilines is 1. The van der Waals surface area contributed by atoms with Gasteiger partial charge in [0, 0.05) is 23.0 Å². The smallest absolute Gasteiger partial charge is 0.129 e. The van der Waals surface area contributed by atoms with Gasteiger partial charge in [-0.1, -0.05) is 29.8 Å². The number of nitrogens with zero attached hydrogens (tertiary/aromatic N) is 1. The zero-order valence-corrected chi connectivity index (χ0v) is 8.20. The van der Waals surface area contributed by atoms with E-state index in [1.807, 2.05) is 30.3 Å². The van der Waals surface area contributed by atoms with Crippen molar-refractivity contribution in [3.63, 3.8) is 0 Å². The quantitative estimate of drug-likeness (QED) is 0.573. The second-order valence-corrected chi connectivity index (χ2v) is 3.34. The van der Waals surface area contributed by atoms with Crippen LogP contribution in [0.15, 0.2) is 42.6 Å². The van der Waals surface area contributed by atoms with Crippen molar-refractivity contribution in [2.75, 3.05) is 5.73 Å². The molecule has 0 unspecified atom stereocenters. The van der Waals surface area contributed by atoms with Crippen LogP contribution < -0.4 is 5.73 Å². The Morgan fingerprint density at radius 3 is 2.50 bits per heavy atom. The first-order valence-electron chi connectivity index (χ1n) is 4.24. The van der Waals surface area contributed by atoms with Crippen molar-refractivity contribution < 1.29 is 0 Å². The topological polar surface area (TPSA) is 38.9 Å². The summed E-state index contributed by atoms with van der Waals surface area (Å²) < 4.78 is 0. The van der Waals surface area contributed by atoms with Gasteiger partial charge in [0.05, 0.1) is 0 Å². The fraction of sp³-hybridized carbons (Fsp3) is 0. The second kappa shape index (κ2) is 3.68. The highest BCUT2D eigenvalue weighted by Crippen LogP contribution is 2.25. The van der Waals surface area contributed by atoms with Gasteiger partial charge in [-0.3, -0.25) is 0 Å². The maximum atomic E-state index is 5.83. The summed E-state index contributed by atoms with van der Waals surface area (Å²) in [7, 11) is 0. The lowest BCUT2D eigenvalue weighted by atomic mass is 10.1. The van der Waals surface area contributed by atoms with Crippen LogP contribution in [0.4, 0.5) is 5.69 Å². The van der Waals surface area contributed by atoms with Crippen molar-refractivity contribution in [1.82, 2.24) is 4.98 Å². The third-order valence-corrected chi connectivity index (χ3v) is 2.22. The molecular weight excluding hydrogens is 196 g/mol. The van der Waals surface area contributed by atoms with Gasteiger partial charge < -0.3 is 5.73 Å². The van der Waals surface area contributed by atoms with Crippen molar-refractivity contribution in [2.45, 2.75) is 0 Å². The van der Waals surface area contributed by atoms with E-state index >= 15 is 0 Å². The minimum absolute atomic E-state index is 0.489. The Balaban J connectivity index is 2.50. The molecule has 2 nitrogen and oxygen atoms in total. The Morgan fingerprint density at radius 2 is 1.86 bits per heavy atom. The molecule has 0 saturated carbocycles. The van der Waals surface area contributed by atoms with Gasteiger partial charge in [-0.15, -0.1) is 0 Å². The van der Waals surface area contributed by atoms with Gasteiger partial charge >= 0.3 is 0 Å². The largest absolute Gasteiger partial charge is 0.398 e. The van der Waals surface area contributed by atoms with E-state index in [1.165, 1.54) is 0 Å². The average molecular weight is 205 g/mol. The first kappa shape index (κ1) is 9.03. The minimum Gasteiger partial charge on any atom is -0.398 e. The zero-order chi connectivity index (χ0) is 9.97. The third-order valence-electron chi connectivity index (χ3n) is 2.00. The molecule has 0 fully saturated rings. The molecule has 0 aliphatic heterocycles. The van der Waals surface area contributed by atoms with Gasteiger partial charge in [-0.25, -0.2) is 4.98 Å². The molecule has 0 aliphatic carbocycles. The molecule has 70 valence electrons. The Labute approximate surface area is 87.4 Å². The molecule has 14 heavy (non-hydrogen) atoms. The molecule has 1 aromatic heterocycles. The van der Waals surface area contributed by atoms with Crippen molar-refractivity contribution in [3.8, 4) is 11.1 Å². The van der Waals surface area contributed by atoms with Crippen LogP contribution in [0.3, 0.4) is 0 Å². The van der Waals surface area contributed by atoms with Crippen LogP contribution in [-0.2, 0) is 0 Å². The molecular formula is C11H9ClN2. The Morgan fingerprint density at radius 1 is 1.07 bits per heavy atom. The summed E-state index contributed by atoms with van der Waals surface area (Å²) in [6, 6.07) is 11.3. The molecule has 0 aliphatic rings. The summed E-state index contributed by atoms with van der Waals surface area (Å²) in [6.07, 6.45) is 1.72. The summed E-state index contributed by atoms with van der Waals surface area (Å²) in [5.41, 5.74) is 8.54. The summed E-state index contributed by atoms with van der Waals surface area (Å²) in [5.74, 6) is 0. The van der Waals surface area contributed by atoms with E-state index in [1.54, 1.807) is 12.3 Å². The molecule has 3 heteroatoms. The summed E-state index contributed by atoms with van der Waals surface area (Å²) in [6.45, 7) is 0. The number of rotatable bonds is 1. The Kier molecular flexibility index (Phi) is 2.37. The van der Waals surface area contributed by atoms with Gasteiger partial charge in [-0.2, -0.15) is 0 Å². The van der Waals surface area contributed by atoms with Gasteiger partial charge in [0.25, 0.3) is 0 Å². The zero-order valence-electron chi connectivity index (χ0n) is 7.44.